The van der Waals surface area contributed by atoms with Crippen LogP contribution in [0.2, 0.25) is 0 Å². The zero-order chi connectivity index (χ0) is 22.9. The van der Waals surface area contributed by atoms with E-state index in [-0.39, 0.29) is 13.0 Å². The molecule has 2 aromatic rings. The maximum absolute atomic E-state index is 13.0. The first-order valence-electron chi connectivity index (χ1n) is 10.4. The molecule has 2 atom stereocenters. The second-order valence-corrected chi connectivity index (χ2v) is 7.49. The molecule has 1 aliphatic heterocycles. The number of benzene rings is 2. The van der Waals surface area contributed by atoms with Gasteiger partial charge in [0, 0.05) is 13.0 Å². The SMILES string of the molecule is COC(=O)[C@H](Cc1cccc(C#N)c1)NC(=O)[C@H]1CCCN1C(=O)OCc1ccccc1. The number of carbonyl (C=O) groups is 3. The molecule has 2 amide bonds. The molecule has 2 aromatic carbocycles. The number of hydrogen-bond donors (Lipinski definition) is 1. The Hall–Kier alpha value is -3.86. The van der Waals surface area contributed by atoms with Crippen LogP contribution in [0, 0.1) is 11.3 Å². The van der Waals surface area contributed by atoms with Crippen LogP contribution in [0.15, 0.2) is 54.6 Å². The van der Waals surface area contributed by atoms with Crippen molar-refractivity contribution in [2.75, 3.05) is 13.7 Å². The molecule has 0 spiro atoms. The lowest BCUT2D eigenvalue weighted by Gasteiger charge is -2.25. The van der Waals surface area contributed by atoms with Gasteiger partial charge in [-0.05, 0) is 36.1 Å². The van der Waals surface area contributed by atoms with Crippen LogP contribution in [0.1, 0.15) is 29.5 Å². The van der Waals surface area contributed by atoms with Gasteiger partial charge in [-0.15, -0.1) is 0 Å². The maximum atomic E-state index is 13.0. The molecule has 1 N–H and O–H groups in total. The lowest BCUT2D eigenvalue weighted by atomic mass is 10.0. The molecule has 1 fully saturated rings. The van der Waals surface area contributed by atoms with Crippen LogP contribution in [-0.4, -0.2) is 48.6 Å². The molecule has 0 radical (unpaired) electrons. The van der Waals surface area contributed by atoms with Gasteiger partial charge in [-0.25, -0.2) is 9.59 Å². The predicted octanol–water partition coefficient (Wildman–Crippen LogP) is 2.56. The van der Waals surface area contributed by atoms with Gasteiger partial charge >= 0.3 is 12.1 Å². The first-order valence-corrected chi connectivity index (χ1v) is 10.4. The van der Waals surface area contributed by atoms with E-state index < -0.39 is 30.1 Å². The predicted molar refractivity (Wildman–Crippen MR) is 115 cm³/mol. The van der Waals surface area contributed by atoms with Crippen molar-refractivity contribution >= 4 is 18.0 Å². The molecule has 0 aromatic heterocycles. The summed E-state index contributed by atoms with van der Waals surface area (Å²) in [4.78, 5) is 39.2. The molecule has 0 aliphatic carbocycles. The van der Waals surface area contributed by atoms with Crippen LogP contribution in [0.3, 0.4) is 0 Å². The normalized spacial score (nSPS) is 16.0. The number of likely N-dealkylation sites (tertiary alicyclic amines) is 1. The van der Waals surface area contributed by atoms with Crippen molar-refractivity contribution in [2.45, 2.75) is 38.0 Å². The van der Waals surface area contributed by atoms with Gasteiger partial charge in [-0.1, -0.05) is 42.5 Å². The van der Waals surface area contributed by atoms with Gasteiger partial charge in [0.15, 0.2) is 0 Å². The molecule has 166 valence electrons. The summed E-state index contributed by atoms with van der Waals surface area (Å²) in [6.07, 6.45) is 0.734. The van der Waals surface area contributed by atoms with E-state index >= 15 is 0 Å². The van der Waals surface area contributed by atoms with Crippen molar-refractivity contribution in [2.24, 2.45) is 0 Å². The zero-order valence-electron chi connectivity index (χ0n) is 17.8. The number of ether oxygens (including phenoxy) is 2. The second kappa shape index (κ2) is 11.0. The molecule has 32 heavy (non-hydrogen) atoms. The number of nitrogens with zero attached hydrogens (tertiary/aromatic N) is 2. The Labute approximate surface area is 186 Å². The number of nitrogens with one attached hydrogen (secondary N) is 1. The molecule has 0 bridgehead atoms. The van der Waals surface area contributed by atoms with Crippen molar-refractivity contribution in [3.63, 3.8) is 0 Å². The highest BCUT2D eigenvalue weighted by molar-refractivity contribution is 5.90. The largest absolute Gasteiger partial charge is 0.467 e. The van der Waals surface area contributed by atoms with Gasteiger partial charge in [-0.2, -0.15) is 5.26 Å². The summed E-state index contributed by atoms with van der Waals surface area (Å²) >= 11 is 0. The van der Waals surface area contributed by atoms with Gasteiger partial charge in [0.2, 0.25) is 5.91 Å². The number of methoxy groups -OCH3 is 1. The summed E-state index contributed by atoms with van der Waals surface area (Å²) in [6, 6.07) is 16.5. The minimum Gasteiger partial charge on any atom is -0.467 e. The third kappa shape index (κ3) is 5.85. The van der Waals surface area contributed by atoms with Crippen molar-refractivity contribution < 1.29 is 23.9 Å². The number of carbonyl (C=O) groups excluding carboxylic acids is 3. The van der Waals surface area contributed by atoms with Crippen LogP contribution >= 0.6 is 0 Å². The van der Waals surface area contributed by atoms with Crippen molar-refractivity contribution in [1.29, 1.82) is 5.26 Å². The Bertz CT molecular complexity index is 1000. The van der Waals surface area contributed by atoms with Gasteiger partial charge in [0.25, 0.3) is 0 Å². The summed E-state index contributed by atoms with van der Waals surface area (Å²) < 4.78 is 10.2. The van der Waals surface area contributed by atoms with E-state index in [0.29, 0.717) is 30.5 Å². The molecule has 1 saturated heterocycles. The number of rotatable bonds is 7. The van der Waals surface area contributed by atoms with Crippen LogP contribution in [0.4, 0.5) is 4.79 Å². The molecule has 0 unspecified atom stereocenters. The average Bonchev–Trinajstić information content (AvgIpc) is 3.32. The molecule has 8 heteroatoms. The van der Waals surface area contributed by atoms with E-state index in [9.17, 15) is 14.4 Å². The average molecular weight is 435 g/mol. The minimum absolute atomic E-state index is 0.116. The standard InChI is InChI=1S/C24H25N3O5/c1-31-23(29)20(14-18-9-5-10-19(13-18)15-25)26-22(28)21-11-6-12-27(21)24(30)32-16-17-7-3-2-4-8-17/h2-5,7-10,13,20-21H,6,11-12,14,16H2,1H3,(H,26,28)/t20-,21+/m0/s1. The van der Waals surface area contributed by atoms with E-state index in [1.807, 2.05) is 36.4 Å². The summed E-state index contributed by atoms with van der Waals surface area (Å²) in [5, 5.41) is 11.8. The van der Waals surface area contributed by atoms with Crippen molar-refractivity contribution in [1.82, 2.24) is 10.2 Å². The first-order chi connectivity index (χ1) is 15.5. The smallest absolute Gasteiger partial charge is 0.410 e. The lowest BCUT2D eigenvalue weighted by molar-refractivity contribution is -0.145. The third-order valence-corrected chi connectivity index (χ3v) is 5.29. The quantitative estimate of drug-likeness (QED) is 0.670. The van der Waals surface area contributed by atoms with E-state index in [1.54, 1.807) is 24.3 Å². The maximum Gasteiger partial charge on any atom is 0.410 e. The molecule has 8 nitrogen and oxygen atoms in total. The summed E-state index contributed by atoms with van der Waals surface area (Å²) in [7, 11) is 1.25. The monoisotopic (exact) mass is 435 g/mol. The number of amides is 2. The summed E-state index contributed by atoms with van der Waals surface area (Å²) in [5.74, 6) is -1.04. The van der Waals surface area contributed by atoms with Gasteiger partial charge in [-0.3, -0.25) is 9.69 Å². The fourth-order valence-corrected chi connectivity index (χ4v) is 3.67. The minimum atomic E-state index is -0.941. The number of esters is 1. The Balaban J connectivity index is 1.64. The summed E-state index contributed by atoms with van der Waals surface area (Å²) in [5.41, 5.74) is 2.03. The fraction of sp³-hybridized carbons (Fsp3) is 0.333. The highest BCUT2D eigenvalue weighted by atomic mass is 16.6. The van der Waals surface area contributed by atoms with Crippen LogP contribution in [0.25, 0.3) is 0 Å². The van der Waals surface area contributed by atoms with Crippen LogP contribution < -0.4 is 5.32 Å². The first kappa shape index (κ1) is 22.8. The van der Waals surface area contributed by atoms with Gasteiger partial charge in [0.05, 0.1) is 18.7 Å². The Morgan fingerprint density at radius 2 is 1.91 bits per heavy atom. The Morgan fingerprint density at radius 1 is 1.16 bits per heavy atom. The summed E-state index contributed by atoms with van der Waals surface area (Å²) in [6.45, 7) is 0.517. The zero-order valence-corrected chi connectivity index (χ0v) is 17.8. The lowest BCUT2D eigenvalue weighted by Crippen LogP contribution is -2.51. The van der Waals surface area contributed by atoms with E-state index in [0.717, 1.165) is 5.56 Å². The fourth-order valence-electron chi connectivity index (χ4n) is 3.67. The van der Waals surface area contributed by atoms with Crippen LogP contribution in [-0.2, 0) is 32.1 Å². The Kier molecular flexibility index (Phi) is 7.81. The molecule has 0 saturated carbocycles. The van der Waals surface area contributed by atoms with Gasteiger partial charge in [0.1, 0.15) is 18.7 Å². The van der Waals surface area contributed by atoms with E-state index in [4.69, 9.17) is 14.7 Å². The highest BCUT2D eigenvalue weighted by Gasteiger charge is 2.37. The third-order valence-electron chi connectivity index (χ3n) is 5.29. The number of nitriles is 1. The van der Waals surface area contributed by atoms with Gasteiger partial charge < -0.3 is 14.8 Å². The van der Waals surface area contributed by atoms with E-state index in [1.165, 1.54) is 12.0 Å². The molecule has 3 rings (SSSR count). The second-order valence-electron chi connectivity index (χ2n) is 7.49. The molecule has 1 heterocycles. The Morgan fingerprint density at radius 3 is 2.62 bits per heavy atom. The topological polar surface area (TPSA) is 109 Å². The molecule has 1 aliphatic rings. The highest BCUT2D eigenvalue weighted by Crippen LogP contribution is 2.20. The van der Waals surface area contributed by atoms with Crippen molar-refractivity contribution in [3.8, 4) is 6.07 Å². The molecular weight excluding hydrogens is 410 g/mol. The van der Waals surface area contributed by atoms with Crippen molar-refractivity contribution in [3.05, 3.63) is 71.3 Å². The number of hydrogen-bond acceptors (Lipinski definition) is 6. The van der Waals surface area contributed by atoms with Crippen LogP contribution in [0.5, 0.6) is 0 Å². The van der Waals surface area contributed by atoms with E-state index in [2.05, 4.69) is 5.32 Å². The molecular formula is C24H25N3O5.